The maximum Gasteiger partial charge on any atom is 0.304 e. The number of halogens is 1. The van der Waals surface area contributed by atoms with Gasteiger partial charge in [-0.3, -0.25) is 0 Å². The normalized spacial score (nSPS) is 12.8. The van der Waals surface area contributed by atoms with E-state index < -0.39 is 22.5 Å². The third kappa shape index (κ3) is 6.39. The van der Waals surface area contributed by atoms with Crippen LogP contribution in [0.3, 0.4) is 0 Å². The zero-order chi connectivity index (χ0) is 18.7. The van der Waals surface area contributed by atoms with Gasteiger partial charge < -0.3 is 8.85 Å². The van der Waals surface area contributed by atoms with E-state index in [1.807, 2.05) is 69.6 Å². The van der Waals surface area contributed by atoms with Crippen LogP contribution < -0.4 is 4.43 Å². The van der Waals surface area contributed by atoms with Crippen LogP contribution in [0.2, 0.25) is 39.3 Å². The lowest BCUT2D eigenvalue weighted by Crippen LogP contribution is -2.30. The van der Waals surface area contributed by atoms with Crippen molar-refractivity contribution in [3.8, 4) is 6.01 Å². The molecule has 25 heavy (non-hydrogen) atoms. The number of aromatic nitrogens is 2. The molecule has 1 aromatic heterocycles. The first-order chi connectivity index (χ1) is 11.5. The van der Waals surface area contributed by atoms with Gasteiger partial charge in [-0.2, -0.15) is 9.98 Å². The highest BCUT2D eigenvalue weighted by molar-refractivity contribution is 6.71. The van der Waals surface area contributed by atoms with Crippen LogP contribution in [0.15, 0.2) is 41.5 Å². The van der Waals surface area contributed by atoms with E-state index in [9.17, 15) is 4.39 Å². The summed E-state index contributed by atoms with van der Waals surface area (Å²) in [7, 11) is -3.85. The van der Waals surface area contributed by atoms with E-state index in [2.05, 4.69) is 15.0 Å². The second-order valence-corrected chi connectivity index (χ2v) is 16.4. The first-order valence-electron chi connectivity index (χ1n) is 8.08. The van der Waals surface area contributed by atoms with Crippen molar-refractivity contribution in [3.05, 3.63) is 47.9 Å². The molecule has 0 fully saturated rings. The third-order valence-electron chi connectivity index (χ3n) is 2.73. The van der Waals surface area contributed by atoms with Gasteiger partial charge in [-0.15, -0.1) is 0 Å². The minimum Gasteiger partial charge on any atom is -0.531 e. The summed E-state index contributed by atoms with van der Waals surface area (Å²) in [6, 6.07) is 9.55. The molecule has 0 saturated heterocycles. The molecule has 0 saturated carbocycles. The molecular formula is C17H24FN3O2Si2. The van der Waals surface area contributed by atoms with Crippen molar-refractivity contribution < 1.29 is 13.2 Å². The molecule has 8 heteroatoms. The molecule has 0 spiro atoms. The fraction of sp³-hybridized carbons (Fsp3) is 0.353. The zero-order valence-corrected chi connectivity index (χ0v) is 17.5. The first kappa shape index (κ1) is 19.3. The van der Waals surface area contributed by atoms with Crippen LogP contribution in [0.1, 0.15) is 5.56 Å². The summed E-state index contributed by atoms with van der Waals surface area (Å²) >= 11 is 0. The van der Waals surface area contributed by atoms with Gasteiger partial charge in [-0.05, 0) is 51.4 Å². The van der Waals surface area contributed by atoms with E-state index in [0.29, 0.717) is 5.90 Å². The van der Waals surface area contributed by atoms with Gasteiger partial charge in [0.05, 0.1) is 6.20 Å². The van der Waals surface area contributed by atoms with E-state index in [0.717, 1.165) is 11.8 Å². The highest BCUT2D eigenvalue weighted by atomic mass is 28.4. The van der Waals surface area contributed by atoms with E-state index >= 15 is 0 Å². The van der Waals surface area contributed by atoms with Crippen LogP contribution in [-0.4, -0.2) is 32.5 Å². The van der Waals surface area contributed by atoms with E-state index in [1.165, 1.54) is 0 Å². The maximum absolute atomic E-state index is 14.2. The average Bonchev–Trinajstić information content (AvgIpc) is 2.48. The van der Waals surface area contributed by atoms with E-state index in [1.54, 1.807) is 0 Å². The average molecular weight is 378 g/mol. The monoisotopic (exact) mass is 377 g/mol. The van der Waals surface area contributed by atoms with Gasteiger partial charge in [0.1, 0.15) is 0 Å². The van der Waals surface area contributed by atoms with Crippen LogP contribution in [0.5, 0.6) is 6.01 Å². The summed E-state index contributed by atoms with van der Waals surface area (Å²) in [5.74, 6) is -0.341. The zero-order valence-electron chi connectivity index (χ0n) is 15.5. The first-order valence-corrected chi connectivity index (χ1v) is 14.9. The molecule has 0 unspecified atom stereocenters. The fourth-order valence-corrected chi connectivity index (χ4v) is 3.25. The molecule has 0 aliphatic carbocycles. The highest BCUT2D eigenvalue weighted by Crippen LogP contribution is 2.21. The van der Waals surface area contributed by atoms with Crippen molar-refractivity contribution in [2.45, 2.75) is 39.3 Å². The summed E-state index contributed by atoms with van der Waals surface area (Å²) in [5.41, 5.74) is 0.774. The third-order valence-corrected chi connectivity index (χ3v) is 4.33. The summed E-state index contributed by atoms with van der Waals surface area (Å²) in [6.45, 7) is 12.1. The molecule has 1 heterocycles. The lowest BCUT2D eigenvalue weighted by atomic mass is 10.2. The Labute approximate surface area is 150 Å². The second kappa shape index (κ2) is 7.44. The lowest BCUT2D eigenvalue weighted by molar-refractivity contribution is 0.498. The summed E-state index contributed by atoms with van der Waals surface area (Å²) in [4.78, 5) is 12.4. The molecule has 0 atom stereocenters. The Morgan fingerprint density at radius 2 is 1.64 bits per heavy atom. The molecule has 0 aliphatic rings. The molecule has 2 aromatic rings. The molecular weight excluding hydrogens is 353 g/mol. The SMILES string of the molecule is C[Si](C)(C)OC(=Nc1nc(O[Si](C)(C)C)ncc1F)c1ccccc1. The van der Waals surface area contributed by atoms with Gasteiger partial charge in [0.15, 0.2) is 11.6 Å². The van der Waals surface area contributed by atoms with Gasteiger partial charge in [0.25, 0.3) is 0 Å². The van der Waals surface area contributed by atoms with Crippen LogP contribution in [0.25, 0.3) is 0 Å². The summed E-state index contributed by atoms with van der Waals surface area (Å²) < 4.78 is 26.0. The quantitative estimate of drug-likeness (QED) is 0.428. The Morgan fingerprint density at radius 3 is 2.20 bits per heavy atom. The number of benzene rings is 1. The number of nitrogens with zero attached hydrogens (tertiary/aromatic N) is 3. The maximum atomic E-state index is 14.2. The van der Waals surface area contributed by atoms with Crippen molar-refractivity contribution in [1.29, 1.82) is 0 Å². The topological polar surface area (TPSA) is 56.6 Å². The summed E-state index contributed by atoms with van der Waals surface area (Å²) in [5, 5.41) is 0. The lowest BCUT2D eigenvalue weighted by Gasteiger charge is -2.21. The minimum absolute atomic E-state index is 0.0830. The van der Waals surface area contributed by atoms with Crippen LogP contribution in [-0.2, 0) is 4.43 Å². The molecule has 5 nitrogen and oxygen atoms in total. The molecule has 0 N–H and O–H groups in total. The van der Waals surface area contributed by atoms with Crippen molar-refractivity contribution >= 4 is 28.4 Å². The molecule has 0 amide bonds. The molecule has 2 rings (SSSR count). The Bertz CT molecular complexity index is 757. The van der Waals surface area contributed by atoms with E-state index in [4.69, 9.17) is 8.85 Å². The Kier molecular flexibility index (Phi) is 5.74. The Morgan fingerprint density at radius 1 is 1.00 bits per heavy atom. The molecule has 134 valence electrons. The van der Waals surface area contributed by atoms with Crippen LogP contribution in [0.4, 0.5) is 10.2 Å². The fourth-order valence-electron chi connectivity index (χ4n) is 1.86. The summed E-state index contributed by atoms with van der Waals surface area (Å²) in [6.07, 6.45) is 1.08. The largest absolute Gasteiger partial charge is 0.531 e. The Balaban J connectivity index is 2.46. The number of hydrogen-bond donors (Lipinski definition) is 0. The van der Waals surface area contributed by atoms with Crippen LogP contribution >= 0.6 is 0 Å². The van der Waals surface area contributed by atoms with Crippen LogP contribution in [0, 0.1) is 5.82 Å². The highest BCUT2D eigenvalue weighted by Gasteiger charge is 2.22. The predicted molar refractivity (Wildman–Crippen MR) is 103 cm³/mol. The number of aliphatic imine (C=N–C) groups is 1. The van der Waals surface area contributed by atoms with Crippen molar-refractivity contribution in [2.75, 3.05) is 0 Å². The van der Waals surface area contributed by atoms with Gasteiger partial charge in [-0.25, -0.2) is 9.37 Å². The second-order valence-electron chi connectivity index (χ2n) is 7.54. The standard InChI is InChI=1S/C17H24FN3O2Si2/c1-24(2,3)22-16(13-10-8-7-9-11-13)20-15-14(18)12-19-17(21-15)23-25(4,5)6/h7-12H,1-6H3. The van der Waals surface area contributed by atoms with Gasteiger partial charge in [-0.1, -0.05) is 18.2 Å². The van der Waals surface area contributed by atoms with Gasteiger partial charge >= 0.3 is 6.01 Å². The number of rotatable bonds is 5. The molecule has 0 radical (unpaired) electrons. The predicted octanol–water partition coefficient (Wildman–Crippen LogP) is 4.76. The Hall–Kier alpha value is -2.07. The van der Waals surface area contributed by atoms with Crippen molar-refractivity contribution in [3.63, 3.8) is 0 Å². The molecule has 1 aromatic carbocycles. The molecule has 0 bridgehead atoms. The molecule has 0 aliphatic heterocycles. The number of hydrogen-bond acceptors (Lipinski definition) is 5. The smallest absolute Gasteiger partial charge is 0.304 e. The van der Waals surface area contributed by atoms with Gasteiger partial charge in [0, 0.05) is 5.56 Å². The van der Waals surface area contributed by atoms with E-state index in [-0.39, 0.29) is 11.8 Å². The van der Waals surface area contributed by atoms with Gasteiger partial charge in [0.2, 0.25) is 22.5 Å². The van der Waals surface area contributed by atoms with Crippen molar-refractivity contribution in [2.24, 2.45) is 4.99 Å². The van der Waals surface area contributed by atoms with Crippen molar-refractivity contribution in [1.82, 2.24) is 9.97 Å². The minimum atomic E-state index is -1.95.